The van der Waals surface area contributed by atoms with E-state index in [1.807, 2.05) is 19.1 Å². The SMILES string of the molecule is CCc1ccc(CCC#N)c(OC(F)F)c1. The van der Waals surface area contributed by atoms with E-state index in [9.17, 15) is 8.78 Å². The van der Waals surface area contributed by atoms with Crippen molar-refractivity contribution in [3.05, 3.63) is 29.3 Å². The lowest BCUT2D eigenvalue weighted by molar-refractivity contribution is -0.0504. The number of hydrogen-bond acceptors (Lipinski definition) is 2. The number of nitriles is 1. The second-order valence-electron chi connectivity index (χ2n) is 3.33. The van der Waals surface area contributed by atoms with Gasteiger partial charge in [0.25, 0.3) is 0 Å². The maximum Gasteiger partial charge on any atom is 0.387 e. The fourth-order valence-electron chi connectivity index (χ4n) is 1.42. The molecule has 1 aromatic rings. The Morgan fingerprint density at radius 2 is 2.19 bits per heavy atom. The average Bonchev–Trinajstić information content (AvgIpc) is 2.26. The monoisotopic (exact) mass is 225 g/mol. The molecule has 2 nitrogen and oxygen atoms in total. The minimum absolute atomic E-state index is 0.185. The van der Waals surface area contributed by atoms with Crippen molar-refractivity contribution in [1.82, 2.24) is 0 Å². The van der Waals surface area contributed by atoms with Crippen molar-refractivity contribution in [3.63, 3.8) is 0 Å². The fraction of sp³-hybridized carbons (Fsp3) is 0.417. The van der Waals surface area contributed by atoms with Crippen LogP contribution in [0.2, 0.25) is 0 Å². The smallest absolute Gasteiger partial charge is 0.387 e. The van der Waals surface area contributed by atoms with Gasteiger partial charge in [0, 0.05) is 6.42 Å². The molecule has 0 aliphatic carbocycles. The van der Waals surface area contributed by atoms with Crippen molar-refractivity contribution in [3.8, 4) is 11.8 Å². The molecule has 86 valence electrons. The first-order valence-electron chi connectivity index (χ1n) is 5.11. The lowest BCUT2D eigenvalue weighted by Crippen LogP contribution is -2.05. The Balaban J connectivity index is 2.92. The number of halogens is 2. The van der Waals surface area contributed by atoms with Gasteiger partial charge in [-0.1, -0.05) is 19.1 Å². The first-order chi connectivity index (χ1) is 7.67. The van der Waals surface area contributed by atoms with Gasteiger partial charge in [0.1, 0.15) is 5.75 Å². The number of alkyl halides is 2. The summed E-state index contributed by atoms with van der Waals surface area (Å²) in [4.78, 5) is 0. The molecule has 0 aromatic heterocycles. The van der Waals surface area contributed by atoms with E-state index >= 15 is 0 Å². The largest absolute Gasteiger partial charge is 0.435 e. The van der Waals surface area contributed by atoms with Crippen LogP contribution in [0.3, 0.4) is 0 Å². The predicted octanol–water partition coefficient (Wildman–Crippen LogP) is 3.31. The molecule has 0 aliphatic rings. The van der Waals surface area contributed by atoms with E-state index in [0.717, 1.165) is 12.0 Å². The third kappa shape index (κ3) is 3.50. The van der Waals surface area contributed by atoms with Crippen molar-refractivity contribution >= 4 is 0 Å². The first-order valence-corrected chi connectivity index (χ1v) is 5.11. The van der Waals surface area contributed by atoms with Crippen molar-refractivity contribution in [2.75, 3.05) is 0 Å². The second-order valence-corrected chi connectivity index (χ2v) is 3.33. The zero-order valence-electron chi connectivity index (χ0n) is 9.04. The summed E-state index contributed by atoms with van der Waals surface area (Å²) < 4.78 is 28.8. The number of hydrogen-bond donors (Lipinski definition) is 0. The van der Waals surface area contributed by atoms with Crippen LogP contribution in [-0.4, -0.2) is 6.61 Å². The molecule has 0 saturated heterocycles. The van der Waals surface area contributed by atoms with Crippen molar-refractivity contribution in [1.29, 1.82) is 5.26 Å². The minimum Gasteiger partial charge on any atom is -0.435 e. The molecule has 0 bridgehead atoms. The predicted molar refractivity (Wildman–Crippen MR) is 56.4 cm³/mol. The quantitative estimate of drug-likeness (QED) is 0.770. The van der Waals surface area contributed by atoms with E-state index < -0.39 is 6.61 Å². The molecule has 0 N–H and O–H groups in total. The molecular formula is C12H13F2NO. The number of benzene rings is 1. The zero-order chi connectivity index (χ0) is 12.0. The van der Waals surface area contributed by atoms with Crippen LogP contribution >= 0.6 is 0 Å². The lowest BCUT2D eigenvalue weighted by atomic mass is 10.0. The fourth-order valence-corrected chi connectivity index (χ4v) is 1.42. The highest BCUT2D eigenvalue weighted by Gasteiger charge is 2.10. The third-order valence-electron chi connectivity index (χ3n) is 2.26. The van der Waals surface area contributed by atoms with E-state index in [-0.39, 0.29) is 5.75 Å². The summed E-state index contributed by atoms with van der Waals surface area (Å²) >= 11 is 0. The molecule has 0 aliphatic heterocycles. The Morgan fingerprint density at radius 3 is 2.75 bits per heavy atom. The van der Waals surface area contributed by atoms with Gasteiger partial charge < -0.3 is 4.74 Å². The maximum absolute atomic E-state index is 12.2. The van der Waals surface area contributed by atoms with Crippen LogP contribution in [0, 0.1) is 11.3 Å². The van der Waals surface area contributed by atoms with Gasteiger partial charge in [-0.15, -0.1) is 0 Å². The molecule has 0 spiro atoms. The average molecular weight is 225 g/mol. The van der Waals surface area contributed by atoms with Gasteiger partial charge in [-0.3, -0.25) is 0 Å². The Labute approximate surface area is 93.5 Å². The number of aryl methyl sites for hydroxylation is 2. The Hall–Kier alpha value is -1.63. The van der Waals surface area contributed by atoms with Crippen LogP contribution < -0.4 is 4.74 Å². The van der Waals surface area contributed by atoms with Crippen LogP contribution in [0.15, 0.2) is 18.2 Å². The highest BCUT2D eigenvalue weighted by Crippen LogP contribution is 2.24. The van der Waals surface area contributed by atoms with Crippen molar-refractivity contribution in [2.24, 2.45) is 0 Å². The number of nitrogens with zero attached hydrogens (tertiary/aromatic N) is 1. The molecule has 0 radical (unpaired) electrons. The summed E-state index contributed by atoms with van der Waals surface area (Å²) in [5.74, 6) is 0.185. The Kier molecular flexibility index (Phi) is 4.71. The van der Waals surface area contributed by atoms with Crippen LogP contribution in [0.5, 0.6) is 5.75 Å². The van der Waals surface area contributed by atoms with Crippen LogP contribution in [-0.2, 0) is 12.8 Å². The van der Waals surface area contributed by atoms with Crippen molar-refractivity contribution < 1.29 is 13.5 Å². The van der Waals surface area contributed by atoms with Gasteiger partial charge in [-0.2, -0.15) is 14.0 Å². The zero-order valence-corrected chi connectivity index (χ0v) is 9.04. The first kappa shape index (κ1) is 12.4. The van der Waals surface area contributed by atoms with E-state index in [4.69, 9.17) is 5.26 Å². The molecule has 1 aromatic carbocycles. The van der Waals surface area contributed by atoms with E-state index in [1.54, 1.807) is 12.1 Å². The maximum atomic E-state index is 12.2. The van der Waals surface area contributed by atoms with Crippen LogP contribution in [0.4, 0.5) is 8.78 Å². The highest BCUT2D eigenvalue weighted by molar-refractivity contribution is 5.38. The summed E-state index contributed by atoms with van der Waals surface area (Å²) in [6.45, 7) is -0.885. The Morgan fingerprint density at radius 1 is 1.44 bits per heavy atom. The van der Waals surface area contributed by atoms with Gasteiger partial charge in [-0.05, 0) is 30.0 Å². The van der Waals surface area contributed by atoms with Gasteiger partial charge in [0.15, 0.2) is 0 Å². The standard InChI is InChI=1S/C12H13F2NO/c1-2-9-5-6-10(4-3-7-15)11(8-9)16-12(13)14/h5-6,8,12H,2-4H2,1H3. The molecule has 4 heteroatoms. The van der Waals surface area contributed by atoms with Gasteiger partial charge in [0.2, 0.25) is 0 Å². The van der Waals surface area contributed by atoms with E-state index in [1.165, 1.54) is 0 Å². The molecule has 0 amide bonds. The topological polar surface area (TPSA) is 33.0 Å². The van der Waals surface area contributed by atoms with Crippen molar-refractivity contribution in [2.45, 2.75) is 32.8 Å². The Bertz CT molecular complexity index is 385. The molecule has 0 unspecified atom stereocenters. The summed E-state index contributed by atoms with van der Waals surface area (Å²) in [6.07, 6.45) is 1.49. The molecule has 0 saturated carbocycles. The lowest BCUT2D eigenvalue weighted by Gasteiger charge is -2.11. The molecule has 16 heavy (non-hydrogen) atoms. The molecular weight excluding hydrogens is 212 g/mol. The summed E-state index contributed by atoms with van der Waals surface area (Å²) in [7, 11) is 0. The third-order valence-corrected chi connectivity index (χ3v) is 2.26. The molecule has 0 fully saturated rings. The summed E-state index contributed by atoms with van der Waals surface area (Å²) in [6, 6.07) is 7.20. The van der Waals surface area contributed by atoms with Gasteiger partial charge >= 0.3 is 6.61 Å². The summed E-state index contributed by atoms with van der Waals surface area (Å²) in [5, 5.41) is 8.46. The molecule has 1 rings (SSSR count). The number of ether oxygens (including phenoxy) is 1. The van der Waals surface area contributed by atoms with Crippen LogP contribution in [0.1, 0.15) is 24.5 Å². The molecule has 0 atom stereocenters. The number of rotatable bonds is 5. The molecule has 0 heterocycles. The normalized spacial score (nSPS) is 10.2. The van der Waals surface area contributed by atoms with E-state index in [2.05, 4.69) is 4.74 Å². The van der Waals surface area contributed by atoms with E-state index in [0.29, 0.717) is 18.4 Å². The van der Waals surface area contributed by atoms with Crippen LogP contribution in [0.25, 0.3) is 0 Å². The summed E-state index contributed by atoms with van der Waals surface area (Å²) in [5.41, 5.74) is 1.59. The second kappa shape index (κ2) is 6.06. The van der Waals surface area contributed by atoms with Gasteiger partial charge in [-0.25, -0.2) is 0 Å². The minimum atomic E-state index is -2.83. The van der Waals surface area contributed by atoms with Gasteiger partial charge in [0.05, 0.1) is 6.07 Å². The highest BCUT2D eigenvalue weighted by atomic mass is 19.3.